The highest BCUT2D eigenvalue weighted by atomic mass is 16.5. The largest absolute Gasteiger partial charge is 0.481 e. The molecule has 3 aliphatic rings. The number of carbonyl (C=O) groups is 3. The van der Waals surface area contributed by atoms with Crippen molar-refractivity contribution in [1.29, 1.82) is 0 Å². The number of carboxylic acid groups (broad SMARTS) is 1. The number of nitrogens with one attached hydrogen (secondary N) is 1. The topological polar surface area (TPSA) is 95.9 Å². The Morgan fingerprint density at radius 2 is 1.71 bits per heavy atom. The van der Waals surface area contributed by atoms with Gasteiger partial charge in [0, 0.05) is 19.0 Å². The minimum absolute atomic E-state index is 0.0168. The van der Waals surface area contributed by atoms with Gasteiger partial charge in [-0.15, -0.1) is 0 Å². The van der Waals surface area contributed by atoms with Gasteiger partial charge in [0.15, 0.2) is 0 Å². The number of hydrogen-bond donors (Lipinski definition) is 2. The fraction of sp³-hybridized carbons (Fsp3) is 0.444. The van der Waals surface area contributed by atoms with Gasteiger partial charge in [-0.2, -0.15) is 0 Å². The van der Waals surface area contributed by atoms with Crippen molar-refractivity contribution in [2.45, 2.75) is 38.6 Å². The molecular formula is C27H30N2O5. The van der Waals surface area contributed by atoms with Gasteiger partial charge in [-0.05, 0) is 46.9 Å². The molecule has 0 spiro atoms. The summed E-state index contributed by atoms with van der Waals surface area (Å²) in [6, 6.07) is 15.5. The quantitative estimate of drug-likeness (QED) is 0.651. The molecule has 2 aromatic carbocycles. The minimum Gasteiger partial charge on any atom is -0.481 e. The summed E-state index contributed by atoms with van der Waals surface area (Å²) in [7, 11) is 0. The second-order valence-electron chi connectivity index (χ2n) is 10.2. The molecule has 2 N–H and O–H groups in total. The van der Waals surface area contributed by atoms with Gasteiger partial charge < -0.3 is 20.1 Å². The molecule has 3 atom stereocenters. The number of likely N-dealkylation sites (tertiary alicyclic amines) is 1. The summed E-state index contributed by atoms with van der Waals surface area (Å²) >= 11 is 0. The van der Waals surface area contributed by atoms with Crippen LogP contribution in [-0.4, -0.2) is 53.7 Å². The molecule has 34 heavy (non-hydrogen) atoms. The van der Waals surface area contributed by atoms with Crippen LogP contribution < -0.4 is 5.32 Å². The second kappa shape index (κ2) is 8.46. The van der Waals surface area contributed by atoms with E-state index < -0.39 is 23.5 Å². The van der Waals surface area contributed by atoms with Crippen LogP contribution in [0.4, 0.5) is 4.79 Å². The normalized spacial score (nSPS) is 23.1. The number of rotatable bonds is 7. The van der Waals surface area contributed by atoms with Gasteiger partial charge in [-0.25, -0.2) is 4.79 Å². The van der Waals surface area contributed by atoms with Crippen molar-refractivity contribution in [3.05, 3.63) is 59.7 Å². The monoisotopic (exact) mass is 462 g/mol. The Morgan fingerprint density at radius 1 is 1.09 bits per heavy atom. The Balaban J connectivity index is 1.24. The molecule has 1 heterocycles. The van der Waals surface area contributed by atoms with Crippen molar-refractivity contribution in [1.82, 2.24) is 10.2 Å². The van der Waals surface area contributed by atoms with Crippen LogP contribution >= 0.6 is 0 Å². The summed E-state index contributed by atoms with van der Waals surface area (Å²) in [5.74, 6) is -0.928. The van der Waals surface area contributed by atoms with Crippen LogP contribution in [0.2, 0.25) is 0 Å². The second-order valence-corrected chi connectivity index (χ2v) is 10.2. The molecule has 0 bridgehead atoms. The molecule has 0 aromatic heterocycles. The zero-order chi connectivity index (χ0) is 24.0. The van der Waals surface area contributed by atoms with E-state index in [-0.39, 0.29) is 36.8 Å². The minimum atomic E-state index is -0.835. The first-order valence-corrected chi connectivity index (χ1v) is 11.9. The molecule has 2 unspecified atom stereocenters. The number of benzene rings is 2. The number of nitrogens with zero attached hydrogens (tertiary/aromatic N) is 1. The molecule has 1 aliphatic heterocycles. The number of carboxylic acids is 1. The van der Waals surface area contributed by atoms with Crippen LogP contribution in [0.5, 0.6) is 0 Å². The maximum absolute atomic E-state index is 13.2. The maximum atomic E-state index is 13.2. The van der Waals surface area contributed by atoms with E-state index in [0.717, 1.165) is 22.3 Å². The SMILES string of the molecule is CC(C)C[C@H](NC(=O)OCC1c2ccccc2-c2ccccc21)C(=O)N1CC2CC2(C(=O)O)C1. The Kier molecular flexibility index (Phi) is 5.58. The molecule has 7 heteroatoms. The number of ether oxygens (including phenoxy) is 1. The first-order valence-electron chi connectivity index (χ1n) is 11.9. The van der Waals surface area contributed by atoms with Crippen LogP contribution in [0, 0.1) is 17.3 Å². The Labute approximate surface area is 199 Å². The van der Waals surface area contributed by atoms with E-state index in [4.69, 9.17) is 4.74 Å². The number of alkyl carbamates (subject to hydrolysis) is 1. The molecule has 1 saturated heterocycles. The van der Waals surface area contributed by atoms with Gasteiger partial charge in [0.1, 0.15) is 12.6 Å². The average Bonchev–Trinajstić information content (AvgIpc) is 3.24. The lowest BCUT2D eigenvalue weighted by Crippen LogP contribution is -2.49. The fourth-order valence-corrected chi connectivity index (χ4v) is 5.68. The standard InChI is InChI=1S/C27H30N2O5/c1-16(2)11-23(24(30)29-13-17-12-27(17,15-29)25(31)32)28-26(33)34-14-22-20-9-5-3-7-18(20)19-8-4-6-10-21(19)22/h3-10,16-17,22-23H,11-15H2,1-2H3,(H,28,33)(H,31,32)/t17?,23-,27?/m0/s1. The van der Waals surface area contributed by atoms with Crippen molar-refractivity contribution in [2.24, 2.45) is 17.3 Å². The molecule has 2 aromatic rings. The number of carbonyl (C=O) groups excluding carboxylic acids is 2. The molecule has 1 saturated carbocycles. The smallest absolute Gasteiger partial charge is 0.407 e. The molecule has 7 nitrogen and oxygen atoms in total. The van der Waals surface area contributed by atoms with E-state index in [2.05, 4.69) is 29.6 Å². The predicted molar refractivity (Wildman–Crippen MR) is 126 cm³/mol. The third-order valence-corrected chi connectivity index (χ3v) is 7.52. The molecule has 2 aliphatic carbocycles. The van der Waals surface area contributed by atoms with Crippen LogP contribution in [0.25, 0.3) is 11.1 Å². The Hall–Kier alpha value is -3.35. The first-order chi connectivity index (χ1) is 16.3. The van der Waals surface area contributed by atoms with Crippen LogP contribution in [-0.2, 0) is 14.3 Å². The van der Waals surface area contributed by atoms with Crippen molar-refractivity contribution < 1.29 is 24.2 Å². The average molecular weight is 463 g/mol. The summed E-state index contributed by atoms with van der Waals surface area (Å²) in [6.45, 7) is 4.80. The third-order valence-electron chi connectivity index (χ3n) is 7.52. The first kappa shape index (κ1) is 22.4. The van der Waals surface area contributed by atoms with Gasteiger partial charge in [-0.1, -0.05) is 62.4 Å². The lowest BCUT2D eigenvalue weighted by molar-refractivity contribution is -0.144. The highest BCUT2D eigenvalue weighted by molar-refractivity contribution is 5.88. The molecule has 178 valence electrons. The number of hydrogen-bond acceptors (Lipinski definition) is 4. The van der Waals surface area contributed by atoms with Crippen LogP contribution in [0.3, 0.4) is 0 Å². The fourth-order valence-electron chi connectivity index (χ4n) is 5.68. The summed E-state index contributed by atoms with van der Waals surface area (Å²) in [4.78, 5) is 39.2. The van der Waals surface area contributed by atoms with E-state index in [1.165, 1.54) is 0 Å². The molecule has 2 fully saturated rings. The molecule has 2 amide bonds. The van der Waals surface area contributed by atoms with Crippen LogP contribution in [0.15, 0.2) is 48.5 Å². The number of piperidine rings is 1. The maximum Gasteiger partial charge on any atom is 0.407 e. The van der Waals surface area contributed by atoms with E-state index in [1.54, 1.807) is 4.90 Å². The highest BCUT2D eigenvalue weighted by Gasteiger charge is 2.66. The molecule has 5 rings (SSSR count). The Bertz CT molecular complexity index is 1100. The van der Waals surface area contributed by atoms with E-state index >= 15 is 0 Å². The lowest BCUT2D eigenvalue weighted by atomic mass is 9.98. The van der Waals surface area contributed by atoms with E-state index in [9.17, 15) is 19.5 Å². The van der Waals surface area contributed by atoms with E-state index in [1.807, 2.05) is 38.1 Å². The zero-order valence-corrected chi connectivity index (χ0v) is 19.5. The Morgan fingerprint density at radius 3 is 2.26 bits per heavy atom. The third kappa shape index (κ3) is 3.83. The van der Waals surface area contributed by atoms with Crippen molar-refractivity contribution in [3.8, 4) is 11.1 Å². The van der Waals surface area contributed by atoms with Gasteiger partial charge in [0.05, 0.1) is 5.41 Å². The van der Waals surface area contributed by atoms with Crippen molar-refractivity contribution in [3.63, 3.8) is 0 Å². The zero-order valence-electron chi connectivity index (χ0n) is 19.5. The van der Waals surface area contributed by atoms with Gasteiger partial charge in [0.25, 0.3) is 0 Å². The number of aliphatic carboxylic acids is 1. The van der Waals surface area contributed by atoms with Gasteiger partial charge in [0.2, 0.25) is 5.91 Å². The summed E-state index contributed by atoms with van der Waals surface area (Å²) < 4.78 is 5.64. The number of amides is 2. The summed E-state index contributed by atoms with van der Waals surface area (Å²) in [5.41, 5.74) is 3.77. The highest BCUT2D eigenvalue weighted by Crippen LogP contribution is 2.58. The van der Waals surface area contributed by atoms with Crippen molar-refractivity contribution in [2.75, 3.05) is 19.7 Å². The summed E-state index contributed by atoms with van der Waals surface area (Å²) in [6.07, 6.45) is 0.462. The molecular weight excluding hydrogens is 432 g/mol. The number of fused-ring (bicyclic) bond motifs is 4. The molecule has 0 radical (unpaired) electrons. The predicted octanol–water partition coefficient (Wildman–Crippen LogP) is 3.87. The van der Waals surface area contributed by atoms with Gasteiger partial charge >= 0.3 is 12.1 Å². The van der Waals surface area contributed by atoms with Gasteiger partial charge in [-0.3, -0.25) is 9.59 Å². The van der Waals surface area contributed by atoms with Crippen LogP contribution in [0.1, 0.15) is 43.7 Å². The van der Waals surface area contributed by atoms with E-state index in [0.29, 0.717) is 19.4 Å². The van der Waals surface area contributed by atoms with Crippen molar-refractivity contribution >= 4 is 18.0 Å². The summed E-state index contributed by atoms with van der Waals surface area (Å²) in [5, 5.41) is 12.3. The lowest BCUT2D eigenvalue weighted by Gasteiger charge is -2.27.